The monoisotopic (exact) mass is 652 g/mol. The number of pyridine rings is 1. The lowest BCUT2D eigenvalue weighted by Crippen LogP contribution is -2.28. The molecular formula is C49H36N2. The molecule has 0 radical (unpaired) electrons. The number of aromatic nitrogens is 1. The number of hydrogen-bond donors (Lipinski definition) is 0. The van der Waals surface area contributed by atoms with Gasteiger partial charge in [-0.1, -0.05) is 146 Å². The molecule has 0 unspecified atom stereocenters. The van der Waals surface area contributed by atoms with Gasteiger partial charge in [-0.2, -0.15) is 0 Å². The third-order valence-electron chi connectivity index (χ3n) is 10.3. The summed E-state index contributed by atoms with van der Waals surface area (Å²) in [6, 6.07) is 60.0. The Morgan fingerprint density at radius 2 is 1.14 bits per heavy atom. The minimum atomic E-state index is -0.481. The van der Waals surface area contributed by atoms with Crippen molar-refractivity contribution in [1.29, 1.82) is 0 Å². The van der Waals surface area contributed by atoms with Gasteiger partial charge in [0.1, 0.15) is 0 Å². The fraction of sp³-hybridized carbons (Fsp3) is 0.0408. The van der Waals surface area contributed by atoms with Crippen LogP contribution in [0.2, 0.25) is 0 Å². The second-order valence-electron chi connectivity index (χ2n) is 13.1. The number of anilines is 3. The van der Waals surface area contributed by atoms with E-state index in [2.05, 4.69) is 204 Å². The van der Waals surface area contributed by atoms with E-state index in [1.807, 2.05) is 12.4 Å². The predicted octanol–water partition coefficient (Wildman–Crippen LogP) is 12.5. The summed E-state index contributed by atoms with van der Waals surface area (Å²) in [7, 11) is 0. The Balaban J connectivity index is 1.27. The van der Waals surface area contributed by atoms with Gasteiger partial charge in [0.05, 0.1) is 5.41 Å². The molecule has 2 heteroatoms. The highest BCUT2D eigenvalue weighted by molar-refractivity contribution is 5.90. The van der Waals surface area contributed by atoms with Crippen LogP contribution in [0.25, 0.3) is 27.8 Å². The van der Waals surface area contributed by atoms with Crippen molar-refractivity contribution >= 4 is 22.6 Å². The first-order valence-electron chi connectivity index (χ1n) is 17.6. The van der Waals surface area contributed by atoms with Gasteiger partial charge in [0.25, 0.3) is 0 Å². The molecular weight excluding hydrogens is 617 g/mol. The zero-order valence-corrected chi connectivity index (χ0v) is 28.2. The largest absolute Gasteiger partial charge is 0.310 e. The Morgan fingerprint density at radius 1 is 0.471 bits per heavy atom. The summed E-state index contributed by atoms with van der Waals surface area (Å²) >= 11 is 0. The molecule has 242 valence electrons. The van der Waals surface area contributed by atoms with Gasteiger partial charge in [0, 0.05) is 29.5 Å². The highest BCUT2D eigenvalue weighted by Crippen LogP contribution is 2.57. The van der Waals surface area contributed by atoms with Crippen LogP contribution < -0.4 is 4.90 Å². The Morgan fingerprint density at radius 3 is 1.90 bits per heavy atom. The first kappa shape index (κ1) is 30.5. The van der Waals surface area contributed by atoms with Gasteiger partial charge in [0.2, 0.25) is 0 Å². The summed E-state index contributed by atoms with van der Waals surface area (Å²) in [5.41, 5.74) is 15.2. The Hall–Kier alpha value is -6.51. The zero-order valence-electron chi connectivity index (χ0n) is 28.2. The van der Waals surface area contributed by atoms with Crippen molar-refractivity contribution in [2.75, 3.05) is 4.90 Å². The molecule has 1 heterocycles. The lowest BCUT2D eigenvalue weighted by Gasteiger charge is -2.35. The van der Waals surface area contributed by atoms with Crippen molar-refractivity contribution < 1.29 is 0 Å². The lowest BCUT2D eigenvalue weighted by molar-refractivity contribution is 0.768. The first-order valence-corrected chi connectivity index (χ1v) is 17.6. The fourth-order valence-electron chi connectivity index (χ4n) is 7.98. The van der Waals surface area contributed by atoms with Crippen LogP contribution in [0.5, 0.6) is 0 Å². The van der Waals surface area contributed by atoms with Crippen LogP contribution in [0, 0.1) is 0 Å². The molecule has 0 bridgehead atoms. The van der Waals surface area contributed by atoms with Crippen molar-refractivity contribution in [3.8, 4) is 22.3 Å². The van der Waals surface area contributed by atoms with Gasteiger partial charge >= 0.3 is 0 Å². The summed E-state index contributed by atoms with van der Waals surface area (Å²) in [4.78, 5) is 6.67. The lowest BCUT2D eigenvalue weighted by atomic mass is 9.67. The van der Waals surface area contributed by atoms with Crippen LogP contribution in [-0.4, -0.2) is 4.98 Å². The van der Waals surface area contributed by atoms with Crippen molar-refractivity contribution in [3.05, 3.63) is 234 Å². The van der Waals surface area contributed by atoms with Crippen LogP contribution in [0.1, 0.15) is 34.2 Å². The van der Waals surface area contributed by atoms with E-state index < -0.39 is 5.41 Å². The molecule has 0 atom stereocenters. The van der Waals surface area contributed by atoms with E-state index in [-0.39, 0.29) is 0 Å². The Labute approximate surface area is 300 Å². The van der Waals surface area contributed by atoms with Gasteiger partial charge in [-0.25, -0.2) is 0 Å². The first-order chi connectivity index (χ1) is 25.3. The van der Waals surface area contributed by atoms with Gasteiger partial charge in [-0.05, 0) is 111 Å². The normalized spacial score (nSPS) is 13.9. The summed E-state index contributed by atoms with van der Waals surface area (Å²) in [6.45, 7) is 0. The minimum absolute atomic E-state index is 0.481. The topological polar surface area (TPSA) is 16.1 Å². The third kappa shape index (κ3) is 5.33. The predicted molar refractivity (Wildman–Crippen MR) is 213 cm³/mol. The van der Waals surface area contributed by atoms with Gasteiger partial charge in [0.15, 0.2) is 0 Å². The van der Waals surface area contributed by atoms with Crippen LogP contribution in [0.3, 0.4) is 0 Å². The molecule has 7 aromatic rings. The van der Waals surface area contributed by atoms with Crippen molar-refractivity contribution in [1.82, 2.24) is 4.98 Å². The van der Waals surface area contributed by atoms with Crippen LogP contribution in [0.4, 0.5) is 17.1 Å². The Kier molecular flexibility index (Phi) is 7.83. The van der Waals surface area contributed by atoms with E-state index in [9.17, 15) is 0 Å². The number of hydrogen-bond acceptors (Lipinski definition) is 2. The van der Waals surface area contributed by atoms with Gasteiger partial charge < -0.3 is 4.90 Å². The molecule has 0 fully saturated rings. The van der Waals surface area contributed by atoms with E-state index >= 15 is 0 Å². The molecule has 0 saturated carbocycles. The van der Waals surface area contributed by atoms with Crippen LogP contribution in [-0.2, 0) is 5.41 Å². The molecule has 1 aromatic heterocycles. The summed E-state index contributed by atoms with van der Waals surface area (Å²) in [5, 5.41) is 0. The summed E-state index contributed by atoms with van der Waals surface area (Å²) in [6.07, 6.45) is 15.6. The van der Waals surface area contributed by atoms with Crippen LogP contribution >= 0.6 is 0 Å². The highest BCUT2D eigenvalue weighted by Gasteiger charge is 2.46. The average molecular weight is 653 g/mol. The summed E-state index contributed by atoms with van der Waals surface area (Å²) in [5.74, 6) is 0. The number of fused-ring (bicyclic) bond motifs is 3. The van der Waals surface area contributed by atoms with Crippen molar-refractivity contribution in [3.63, 3.8) is 0 Å². The molecule has 0 amide bonds. The standard InChI is InChI=1S/C49H36N2/c1-2-6-15-36(14-5-1)37-24-26-42(27-25-37)51(43-21-13-16-39(34-43)38-30-32-50-33-31-38)44-28-29-46-45-22-11-12-23-47(45)49(48(46)35-44,40-17-7-3-8-18-40)41-19-9-4-10-20-41/h1-5,7-35H,6H2. The van der Waals surface area contributed by atoms with Gasteiger partial charge in [-0.15, -0.1) is 0 Å². The SMILES string of the molecule is C1=CCC=C(c2ccc(N(c3cccc(-c4ccncc4)c3)c3ccc4c(c3)C(c3ccccc3)(c3ccccc3)c3ccccc3-4)cc2)C=C1. The molecule has 9 rings (SSSR count). The van der Waals surface area contributed by atoms with Crippen molar-refractivity contribution in [2.45, 2.75) is 11.8 Å². The van der Waals surface area contributed by atoms with E-state index in [1.165, 1.54) is 44.5 Å². The van der Waals surface area contributed by atoms with E-state index in [4.69, 9.17) is 0 Å². The van der Waals surface area contributed by atoms with E-state index in [1.54, 1.807) is 0 Å². The maximum absolute atomic E-state index is 4.27. The number of allylic oxidation sites excluding steroid dienone is 6. The molecule has 2 aliphatic rings. The number of benzene rings is 6. The molecule has 0 aliphatic heterocycles. The maximum atomic E-state index is 4.27. The van der Waals surface area contributed by atoms with Crippen LogP contribution in [0.15, 0.2) is 207 Å². The molecule has 51 heavy (non-hydrogen) atoms. The van der Waals surface area contributed by atoms with Crippen molar-refractivity contribution in [2.24, 2.45) is 0 Å². The smallest absolute Gasteiger partial charge is 0.0714 e. The molecule has 6 aromatic carbocycles. The van der Waals surface area contributed by atoms with E-state index in [0.717, 1.165) is 34.6 Å². The molecule has 0 saturated heterocycles. The second kappa shape index (κ2) is 13.1. The zero-order chi connectivity index (χ0) is 34.0. The molecule has 2 nitrogen and oxygen atoms in total. The minimum Gasteiger partial charge on any atom is -0.310 e. The fourth-order valence-corrected chi connectivity index (χ4v) is 7.98. The Bertz CT molecular complexity index is 2380. The number of rotatable bonds is 7. The molecule has 0 spiro atoms. The quantitative estimate of drug-likeness (QED) is 0.170. The molecule has 2 aliphatic carbocycles. The summed E-state index contributed by atoms with van der Waals surface area (Å²) < 4.78 is 0. The maximum Gasteiger partial charge on any atom is 0.0714 e. The van der Waals surface area contributed by atoms with Gasteiger partial charge in [-0.3, -0.25) is 4.98 Å². The van der Waals surface area contributed by atoms with E-state index in [0.29, 0.717) is 0 Å². The second-order valence-corrected chi connectivity index (χ2v) is 13.1. The number of nitrogens with zero attached hydrogens (tertiary/aromatic N) is 2. The average Bonchev–Trinajstić information content (AvgIpc) is 3.31. The third-order valence-corrected chi connectivity index (χ3v) is 10.3. The highest BCUT2D eigenvalue weighted by atomic mass is 15.1. The molecule has 0 N–H and O–H groups in total.